The molecule has 2 unspecified atom stereocenters. The molecule has 106 valence electrons. The second kappa shape index (κ2) is 7.28. The van der Waals surface area contributed by atoms with Crippen molar-refractivity contribution < 1.29 is 0 Å². The van der Waals surface area contributed by atoms with E-state index in [2.05, 4.69) is 12.1 Å². The quantitative estimate of drug-likeness (QED) is 0.864. The zero-order valence-electron chi connectivity index (χ0n) is 11.5. The highest BCUT2D eigenvalue weighted by Gasteiger charge is 2.26. The third kappa shape index (κ3) is 4.20. The molecule has 0 spiro atoms. The van der Waals surface area contributed by atoms with Crippen molar-refractivity contribution in [3.8, 4) is 0 Å². The summed E-state index contributed by atoms with van der Waals surface area (Å²) in [5.41, 5.74) is 13.2. The summed E-state index contributed by atoms with van der Waals surface area (Å²) in [5, 5.41) is 0.800. The van der Waals surface area contributed by atoms with Gasteiger partial charge in [-0.05, 0) is 48.8 Å². The topological polar surface area (TPSA) is 52.0 Å². The molecule has 0 saturated heterocycles. The molecule has 1 aliphatic rings. The van der Waals surface area contributed by atoms with Crippen LogP contribution in [0, 0.1) is 5.92 Å². The van der Waals surface area contributed by atoms with Gasteiger partial charge in [0.2, 0.25) is 0 Å². The summed E-state index contributed by atoms with van der Waals surface area (Å²) in [6, 6.07) is 8.39. The fourth-order valence-corrected chi connectivity index (χ4v) is 3.40. The molecule has 4 N–H and O–H groups in total. The first-order valence-corrected chi connectivity index (χ1v) is 7.79. The second-order valence-corrected chi connectivity index (χ2v) is 6.22. The average molecular weight is 281 g/mol. The number of rotatable bonds is 5. The summed E-state index contributed by atoms with van der Waals surface area (Å²) in [5.74, 6) is 1.30. The Bertz CT molecular complexity index is 371. The van der Waals surface area contributed by atoms with Crippen molar-refractivity contribution in [3.63, 3.8) is 0 Å². The molecule has 0 heterocycles. The zero-order valence-corrected chi connectivity index (χ0v) is 12.3. The fourth-order valence-electron chi connectivity index (χ4n) is 3.27. The summed E-state index contributed by atoms with van der Waals surface area (Å²) >= 11 is 5.99. The molecule has 0 aliphatic heterocycles. The number of nitrogens with two attached hydrogens (primary N) is 2. The van der Waals surface area contributed by atoms with E-state index in [1.807, 2.05) is 12.1 Å². The van der Waals surface area contributed by atoms with Crippen LogP contribution in [0.1, 0.15) is 50.0 Å². The van der Waals surface area contributed by atoms with E-state index in [-0.39, 0.29) is 6.04 Å². The molecule has 1 aromatic rings. The largest absolute Gasteiger partial charge is 0.329 e. The minimum absolute atomic E-state index is 0.0996. The molecule has 2 atom stereocenters. The van der Waals surface area contributed by atoms with Crippen LogP contribution in [-0.4, -0.2) is 12.6 Å². The number of hydrogen-bond donors (Lipinski definition) is 2. The molecule has 1 aromatic carbocycles. The Hall–Kier alpha value is -0.570. The minimum Gasteiger partial charge on any atom is -0.329 e. The first-order valence-electron chi connectivity index (χ1n) is 7.42. The molecular formula is C16H25ClN2. The predicted octanol–water partition coefficient (Wildman–Crippen LogP) is 3.68. The Morgan fingerprint density at radius 3 is 2.32 bits per heavy atom. The van der Waals surface area contributed by atoms with Gasteiger partial charge in [-0.3, -0.25) is 0 Å². The van der Waals surface area contributed by atoms with E-state index in [1.165, 1.54) is 37.7 Å². The Labute approximate surface area is 121 Å². The lowest BCUT2D eigenvalue weighted by Crippen LogP contribution is -2.33. The Morgan fingerprint density at radius 2 is 1.74 bits per heavy atom. The van der Waals surface area contributed by atoms with Crippen molar-refractivity contribution in [2.75, 3.05) is 6.54 Å². The predicted molar refractivity (Wildman–Crippen MR) is 82.4 cm³/mol. The monoisotopic (exact) mass is 280 g/mol. The Kier molecular flexibility index (Phi) is 5.68. The Morgan fingerprint density at radius 1 is 1.11 bits per heavy atom. The normalized spacial score (nSPS) is 20.2. The van der Waals surface area contributed by atoms with Gasteiger partial charge in [0.1, 0.15) is 0 Å². The maximum atomic E-state index is 6.10. The van der Waals surface area contributed by atoms with Gasteiger partial charge in [0.25, 0.3) is 0 Å². The van der Waals surface area contributed by atoms with E-state index in [9.17, 15) is 0 Å². The highest BCUT2D eigenvalue weighted by Crippen LogP contribution is 2.38. The summed E-state index contributed by atoms with van der Waals surface area (Å²) < 4.78 is 0. The van der Waals surface area contributed by atoms with Crippen molar-refractivity contribution in [3.05, 3.63) is 34.9 Å². The van der Waals surface area contributed by atoms with E-state index in [0.29, 0.717) is 12.5 Å². The second-order valence-electron chi connectivity index (χ2n) is 5.79. The van der Waals surface area contributed by atoms with Crippen LogP contribution in [0.4, 0.5) is 0 Å². The third-order valence-corrected chi connectivity index (χ3v) is 4.63. The molecule has 1 fully saturated rings. The van der Waals surface area contributed by atoms with E-state index in [0.717, 1.165) is 17.4 Å². The van der Waals surface area contributed by atoms with E-state index in [4.69, 9.17) is 23.1 Å². The van der Waals surface area contributed by atoms with Gasteiger partial charge in [0.15, 0.2) is 0 Å². The van der Waals surface area contributed by atoms with Crippen LogP contribution in [0.2, 0.25) is 5.02 Å². The highest BCUT2D eigenvalue weighted by molar-refractivity contribution is 6.30. The van der Waals surface area contributed by atoms with Gasteiger partial charge >= 0.3 is 0 Å². The van der Waals surface area contributed by atoms with Gasteiger partial charge in [0.05, 0.1) is 0 Å². The van der Waals surface area contributed by atoms with Crippen LogP contribution < -0.4 is 11.5 Å². The molecule has 2 rings (SSSR count). The van der Waals surface area contributed by atoms with Crippen molar-refractivity contribution in [1.82, 2.24) is 0 Å². The lowest BCUT2D eigenvalue weighted by molar-refractivity contribution is 0.284. The first kappa shape index (κ1) is 14.8. The van der Waals surface area contributed by atoms with Crippen molar-refractivity contribution in [2.45, 2.75) is 50.5 Å². The van der Waals surface area contributed by atoms with E-state index >= 15 is 0 Å². The standard InChI is InChI=1S/C16H25ClN2/c17-14-8-6-13(7-9-14)16(10-15(19)11-18)12-4-2-1-3-5-12/h6-9,12,15-16H,1-5,10-11,18-19H2. The van der Waals surface area contributed by atoms with E-state index < -0.39 is 0 Å². The van der Waals surface area contributed by atoms with Crippen LogP contribution in [0.5, 0.6) is 0 Å². The third-order valence-electron chi connectivity index (χ3n) is 4.38. The van der Waals surface area contributed by atoms with E-state index in [1.54, 1.807) is 0 Å². The molecule has 3 heteroatoms. The summed E-state index contributed by atoms with van der Waals surface area (Å²) in [6.45, 7) is 0.566. The lowest BCUT2D eigenvalue weighted by atomic mass is 9.74. The number of halogens is 1. The van der Waals surface area contributed by atoms with Gasteiger partial charge in [-0.15, -0.1) is 0 Å². The highest BCUT2D eigenvalue weighted by atomic mass is 35.5. The molecule has 1 saturated carbocycles. The van der Waals surface area contributed by atoms with Gasteiger partial charge in [-0.2, -0.15) is 0 Å². The fraction of sp³-hybridized carbons (Fsp3) is 0.625. The molecule has 2 nitrogen and oxygen atoms in total. The van der Waals surface area contributed by atoms with Crippen LogP contribution in [0.25, 0.3) is 0 Å². The molecule has 0 aromatic heterocycles. The summed E-state index contributed by atoms with van der Waals surface area (Å²) in [4.78, 5) is 0. The van der Waals surface area contributed by atoms with Crippen LogP contribution in [0.15, 0.2) is 24.3 Å². The SMILES string of the molecule is NCC(N)CC(c1ccc(Cl)cc1)C1CCCCC1. The van der Waals surface area contributed by atoms with Gasteiger partial charge < -0.3 is 11.5 Å². The molecule has 0 radical (unpaired) electrons. The van der Waals surface area contributed by atoms with Crippen molar-refractivity contribution in [2.24, 2.45) is 17.4 Å². The maximum Gasteiger partial charge on any atom is 0.0406 e. The molecule has 0 amide bonds. The smallest absolute Gasteiger partial charge is 0.0406 e. The Balaban J connectivity index is 2.14. The van der Waals surface area contributed by atoms with Gasteiger partial charge in [0, 0.05) is 17.6 Å². The number of hydrogen-bond acceptors (Lipinski definition) is 2. The van der Waals surface area contributed by atoms with Crippen molar-refractivity contribution >= 4 is 11.6 Å². The molecular weight excluding hydrogens is 256 g/mol. The van der Waals surface area contributed by atoms with Crippen LogP contribution >= 0.6 is 11.6 Å². The van der Waals surface area contributed by atoms with Crippen LogP contribution in [-0.2, 0) is 0 Å². The zero-order chi connectivity index (χ0) is 13.7. The average Bonchev–Trinajstić information content (AvgIpc) is 2.46. The van der Waals surface area contributed by atoms with Gasteiger partial charge in [-0.25, -0.2) is 0 Å². The van der Waals surface area contributed by atoms with Crippen molar-refractivity contribution in [1.29, 1.82) is 0 Å². The maximum absolute atomic E-state index is 6.10. The summed E-state index contributed by atoms with van der Waals surface area (Å²) in [7, 11) is 0. The molecule has 19 heavy (non-hydrogen) atoms. The minimum atomic E-state index is 0.0996. The lowest BCUT2D eigenvalue weighted by Gasteiger charge is -2.32. The summed E-state index contributed by atoms with van der Waals surface area (Å²) in [6.07, 6.45) is 7.73. The molecule has 1 aliphatic carbocycles. The number of benzene rings is 1. The molecule has 0 bridgehead atoms. The van der Waals surface area contributed by atoms with Gasteiger partial charge in [-0.1, -0.05) is 43.0 Å². The van der Waals surface area contributed by atoms with Crippen LogP contribution in [0.3, 0.4) is 0 Å². The first-order chi connectivity index (χ1) is 9.20.